The molecule has 9 heteroatoms. The van der Waals surface area contributed by atoms with Crippen molar-refractivity contribution in [3.63, 3.8) is 0 Å². The zero-order valence-corrected chi connectivity index (χ0v) is 20.3. The van der Waals surface area contributed by atoms with E-state index in [0.29, 0.717) is 29.4 Å². The summed E-state index contributed by atoms with van der Waals surface area (Å²) in [6.07, 6.45) is 4.57. The molecular weight excluding hydrogens is 448 g/mol. The highest BCUT2D eigenvalue weighted by Gasteiger charge is 2.33. The highest BCUT2D eigenvalue weighted by molar-refractivity contribution is 5.93. The molecule has 35 heavy (non-hydrogen) atoms. The van der Waals surface area contributed by atoms with Crippen LogP contribution in [0.25, 0.3) is 0 Å². The SMILES string of the molecule is COc1ccc([C@H]2CNC(=O)N2Cc2ccc(NC(C)=O)cc2NC(C)=O)cc1OC1CCCC1. The van der Waals surface area contributed by atoms with Crippen LogP contribution in [-0.4, -0.2) is 42.5 Å². The Morgan fingerprint density at radius 2 is 1.77 bits per heavy atom. The maximum absolute atomic E-state index is 12.8. The number of rotatable bonds is 8. The van der Waals surface area contributed by atoms with Gasteiger partial charge < -0.3 is 30.3 Å². The van der Waals surface area contributed by atoms with E-state index in [1.165, 1.54) is 26.7 Å². The van der Waals surface area contributed by atoms with Crippen molar-refractivity contribution in [3.05, 3.63) is 47.5 Å². The van der Waals surface area contributed by atoms with Gasteiger partial charge in [0.2, 0.25) is 11.8 Å². The van der Waals surface area contributed by atoms with Crippen molar-refractivity contribution in [2.75, 3.05) is 24.3 Å². The Morgan fingerprint density at radius 1 is 1.03 bits per heavy atom. The predicted molar refractivity (Wildman–Crippen MR) is 133 cm³/mol. The van der Waals surface area contributed by atoms with E-state index in [-0.39, 0.29) is 36.5 Å². The van der Waals surface area contributed by atoms with E-state index in [1.54, 1.807) is 24.1 Å². The van der Waals surface area contributed by atoms with Crippen LogP contribution < -0.4 is 25.4 Å². The molecule has 2 aromatic carbocycles. The van der Waals surface area contributed by atoms with Crippen LogP contribution in [0.3, 0.4) is 0 Å². The number of carbonyl (C=O) groups is 3. The third kappa shape index (κ3) is 5.85. The molecule has 1 saturated carbocycles. The summed E-state index contributed by atoms with van der Waals surface area (Å²) in [6, 6.07) is 10.6. The summed E-state index contributed by atoms with van der Waals surface area (Å²) in [5, 5.41) is 8.46. The Hall–Kier alpha value is -3.75. The molecule has 186 valence electrons. The predicted octanol–water partition coefficient (Wildman–Crippen LogP) is 4.20. The van der Waals surface area contributed by atoms with Crippen molar-refractivity contribution in [3.8, 4) is 11.5 Å². The van der Waals surface area contributed by atoms with Crippen molar-refractivity contribution < 1.29 is 23.9 Å². The van der Waals surface area contributed by atoms with Crippen LogP contribution in [0.4, 0.5) is 16.2 Å². The number of hydrogen-bond acceptors (Lipinski definition) is 5. The van der Waals surface area contributed by atoms with Crippen LogP contribution in [0.5, 0.6) is 11.5 Å². The fourth-order valence-electron chi connectivity index (χ4n) is 4.68. The zero-order chi connectivity index (χ0) is 24.9. The second-order valence-electron chi connectivity index (χ2n) is 9.00. The minimum atomic E-state index is -0.238. The second kappa shape index (κ2) is 10.7. The minimum Gasteiger partial charge on any atom is -0.493 e. The second-order valence-corrected chi connectivity index (χ2v) is 9.00. The quantitative estimate of drug-likeness (QED) is 0.525. The molecule has 3 N–H and O–H groups in total. The molecule has 1 heterocycles. The molecule has 2 fully saturated rings. The molecule has 0 bridgehead atoms. The average molecular weight is 481 g/mol. The number of ether oxygens (including phenoxy) is 2. The van der Waals surface area contributed by atoms with Gasteiger partial charge in [-0.3, -0.25) is 9.59 Å². The lowest BCUT2D eigenvalue weighted by Crippen LogP contribution is -2.30. The molecule has 4 amide bonds. The topological polar surface area (TPSA) is 109 Å². The number of nitrogens with one attached hydrogen (secondary N) is 3. The third-order valence-corrected chi connectivity index (χ3v) is 6.33. The summed E-state index contributed by atoms with van der Waals surface area (Å²) in [5.74, 6) is 0.916. The molecule has 0 unspecified atom stereocenters. The van der Waals surface area contributed by atoms with Gasteiger partial charge in [-0.1, -0.05) is 12.1 Å². The molecule has 2 aromatic rings. The number of urea groups is 1. The third-order valence-electron chi connectivity index (χ3n) is 6.33. The summed E-state index contributed by atoms with van der Waals surface area (Å²) < 4.78 is 11.8. The van der Waals surface area contributed by atoms with E-state index in [2.05, 4.69) is 16.0 Å². The van der Waals surface area contributed by atoms with E-state index in [1.807, 2.05) is 24.3 Å². The van der Waals surface area contributed by atoms with Gasteiger partial charge in [-0.25, -0.2) is 4.79 Å². The smallest absolute Gasteiger partial charge is 0.318 e. The van der Waals surface area contributed by atoms with Crippen LogP contribution in [-0.2, 0) is 16.1 Å². The first-order valence-electron chi connectivity index (χ1n) is 11.9. The van der Waals surface area contributed by atoms with E-state index >= 15 is 0 Å². The molecule has 0 radical (unpaired) electrons. The minimum absolute atomic E-state index is 0.181. The maximum Gasteiger partial charge on any atom is 0.318 e. The molecule has 1 aliphatic carbocycles. The first kappa shape index (κ1) is 24.4. The lowest BCUT2D eigenvalue weighted by atomic mass is 10.0. The maximum atomic E-state index is 12.8. The normalized spacial score (nSPS) is 17.7. The zero-order valence-electron chi connectivity index (χ0n) is 20.3. The van der Waals surface area contributed by atoms with Gasteiger partial charge in [-0.05, 0) is 61.1 Å². The molecule has 4 rings (SSSR count). The summed E-state index contributed by atoms with van der Waals surface area (Å²) in [6.45, 7) is 3.57. The van der Waals surface area contributed by atoms with Crippen LogP contribution in [0.15, 0.2) is 36.4 Å². The van der Waals surface area contributed by atoms with Crippen molar-refractivity contribution in [2.45, 2.75) is 58.2 Å². The number of carbonyl (C=O) groups excluding carboxylic acids is 3. The number of hydrogen-bond donors (Lipinski definition) is 3. The first-order chi connectivity index (χ1) is 16.8. The number of nitrogens with zero attached hydrogens (tertiary/aromatic N) is 1. The van der Waals surface area contributed by atoms with Crippen LogP contribution >= 0.6 is 0 Å². The van der Waals surface area contributed by atoms with Crippen LogP contribution in [0.1, 0.15) is 56.7 Å². The fraction of sp³-hybridized carbons (Fsp3) is 0.423. The number of anilines is 2. The average Bonchev–Trinajstić information content (AvgIpc) is 3.44. The molecular formula is C26H32N4O5. The van der Waals surface area contributed by atoms with Gasteiger partial charge in [0.25, 0.3) is 0 Å². The molecule has 1 atom stereocenters. The van der Waals surface area contributed by atoms with Gasteiger partial charge in [-0.15, -0.1) is 0 Å². The van der Waals surface area contributed by atoms with Gasteiger partial charge in [-0.2, -0.15) is 0 Å². The van der Waals surface area contributed by atoms with Gasteiger partial charge in [0.15, 0.2) is 11.5 Å². The van der Waals surface area contributed by atoms with Crippen LogP contribution in [0.2, 0.25) is 0 Å². The van der Waals surface area contributed by atoms with Crippen molar-refractivity contribution >= 4 is 29.2 Å². The Morgan fingerprint density at radius 3 is 2.46 bits per heavy atom. The van der Waals surface area contributed by atoms with Gasteiger partial charge in [0.05, 0.1) is 25.8 Å². The lowest BCUT2D eigenvalue weighted by Gasteiger charge is -2.26. The monoisotopic (exact) mass is 480 g/mol. The van der Waals surface area contributed by atoms with E-state index in [0.717, 1.165) is 24.0 Å². The highest BCUT2D eigenvalue weighted by atomic mass is 16.5. The summed E-state index contributed by atoms with van der Waals surface area (Å²) >= 11 is 0. The number of methoxy groups -OCH3 is 1. The number of benzene rings is 2. The summed E-state index contributed by atoms with van der Waals surface area (Å²) in [5.41, 5.74) is 2.80. The number of amides is 4. The largest absolute Gasteiger partial charge is 0.493 e. The molecule has 0 spiro atoms. The standard InChI is InChI=1S/C26H32N4O5/c1-16(31)28-20-10-8-19(22(13-20)29-17(2)32)15-30-23(14-27-26(30)33)18-9-11-24(34-3)25(12-18)35-21-6-4-5-7-21/h8-13,21,23H,4-7,14-15H2,1-3H3,(H,27,33)(H,28,31)(H,29,32)/t23-/m1/s1. The molecule has 1 saturated heterocycles. The molecule has 1 aliphatic heterocycles. The van der Waals surface area contributed by atoms with Crippen molar-refractivity contribution in [1.82, 2.24) is 10.2 Å². The van der Waals surface area contributed by atoms with Gasteiger partial charge in [0.1, 0.15) is 0 Å². The van der Waals surface area contributed by atoms with E-state index in [4.69, 9.17) is 9.47 Å². The first-order valence-corrected chi connectivity index (χ1v) is 11.9. The highest BCUT2D eigenvalue weighted by Crippen LogP contribution is 2.37. The molecule has 0 aromatic heterocycles. The van der Waals surface area contributed by atoms with Gasteiger partial charge >= 0.3 is 6.03 Å². The fourth-order valence-corrected chi connectivity index (χ4v) is 4.68. The molecule has 9 nitrogen and oxygen atoms in total. The van der Waals surface area contributed by atoms with Gasteiger partial charge in [0, 0.05) is 31.8 Å². The van der Waals surface area contributed by atoms with Crippen molar-refractivity contribution in [2.24, 2.45) is 0 Å². The Balaban J connectivity index is 1.60. The van der Waals surface area contributed by atoms with Crippen LogP contribution in [0, 0.1) is 0 Å². The van der Waals surface area contributed by atoms with E-state index < -0.39 is 0 Å². The Kier molecular flexibility index (Phi) is 7.43. The lowest BCUT2D eigenvalue weighted by molar-refractivity contribution is -0.115. The van der Waals surface area contributed by atoms with E-state index in [9.17, 15) is 14.4 Å². The Bertz CT molecular complexity index is 1110. The van der Waals surface area contributed by atoms with Crippen molar-refractivity contribution in [1.29, 1.82) is 0 Å². The summed E-state index contributed by atoms with van der Waals surface area (Å²) in [4.78, 5) is 37.8. The summed E-state index contributed by atoms with van der Waals surface area (Å²) in [7, 11) is 1.62. The Labute approximate surface area is 205 Å². The molecule has 2 aliphatic rings.